The van der Waals surface area contributed by atoms with Crippen molar-refractivity contribution in [3.05, 3.63) is 59.0 Å². The first-order valence-corrected chi connectivity index (χ1v) is 10.9. The van der Waals surface area contributed by atoms with Crippen molar-refractivity contribution in [2.45, 2.75) is 24.9 Å². The number of nitrogens with one attached hydrogen (secondary N) is 2. The number of aromatic amines is 1. The van der Waals surface area contributed by atoms with E-state index in [9.17, 15) is 22.8 Å². The van der Waals surface area contributed by atoms with Crippen LogP contribution in [0.5, 0.6) is 0 Å². The lowest BCUT2D eigenvalue weighted by atomic mass is 10.1. The maximum atomic E-state index is 13.4. The van der Waals surface area contributed by atoms with E-state index in [2.05, 4.69) is 20.3 Å². The summed E-state index contributed by atoms with van der Waals surface area (Å²) in [6.07, 6.45) is -4.41. The van der Waals surface area contributed by atoms with Gasteiger partial charge in [0.25, 0.3) is 5.91 Å². The van der Waals surface area contributed by atoms with Crippen molar-refractivity contribution >= 4 is 46.1 Å². The van der Waals surface area contributed by atoms with Gasteiger partial charge in [-0.25, -0.2) is 9.79 Å². The van der Waals surface area contributed by atoms with E-state index >= 15 is 0 Å². The molecule has 2 aliphatic heterocycles. The predicted molar refractivity (Wildman–Crippen MR) is 123 cm³/mol. The van der Waals surface area contributed by atoms with Gasteiger partial charge in [-0.2, -0.15) is 13.2 Å². The zero-order chi connectivity index (χ0) is 25.1. The number of H-pyrrole nitrogens is 1. The molecule has 2 unspecified atom stereocenters. The topological polar surface area (TPSA) is 96.9 Å². The van der Waals surface area contributed by atoms with Gasteiger partial charge < -0.3 is 20.1 Å². The van der Waals surface area contributed by atoms with Crippen molar-refractivity contribution in [1.82, 2.24) is 24.7 Å². The van der Waals surface area contributed by atoms with Gasteiger partial charge in [0.05, 0.1) is 6.54 Å². The number of hydrogen-bond acceptors (Lipinski definition) is 6. The third-order valence-electron chi connectivity index (χ3n) is 6.04. The number of nitrogens with zero attached hydrogens (tertiary/aromatic N) is 5. The molecule has 1 saturated heterocycles. The number of aromatic nitrogens is 2. The summed E-state index contributed by atoms with van der Waals surface area (Å²) in [5.41, 5.74) is 0.441. The van der Waals surface area contributed by atoms with Crippen LogP contribution in [0.4, 0.5) is 23.7 Å². The molecule has 0 spiro atoms. The highest BCUT2D eigenvalue weighted by atomic mass is 35.5. The lowest BCUT2D eigenvalue weighted by Crippen LogP contribution is -2.64. The Kier molecular flexibility index (Phi) is 5.35. The molecule has 4 heterocycles. The number of imide groups is 1. The molecular weight excluding hydrogens is 487 g/mol. The lowest BCUT2D eigenvalue weighted by molar-refractivity contribution is -0.141. The standard InChI is InChI=1S/C22H19ClF3N7O2/c1-31-17-18(30-20(31)29-11-6-7-27-16(9-11)22(24,25)26)32(2)21(35)33(19(17)34)10-12-8-13-14(23)4-3-5-15(13)28-12/h3-9,17-18,28H,10H2,1-2H3,(H,27,29,30). The number of rotatable bonds is 3. The van der Waals surface area contributed by atoms with Crippen molar-refractivity contribution in [2.75, 3.05) is 19.4 Å². The molecule has 3 aromatic rings. The molecular formula is C22H19ClF3N7O2. The number of likely N-dealkylation sites (N-methyl/N-ethyl adjacent to an activating group) is 2. The van der Waals surface area contributed by atoms with Crippen LogP contribution in [0, 0.1) is 0 Å². The fraction of sp³-hybridized carbons (Fsp3) is 0.273. The number of halogens is 4. The molecule has 0 radical (unpaired) electrons. The number of amides is 3. The van der Waals surface area contributed by atoms with Gasteiger partial charge >= 0.3 is 12.2 Å². The van der Waals surface area contributed by atoms with E-state index in [0.717, 1.165) is 28.1 Å². The Morgan fingerprint density at radius 1 is 1.14 bits per heavy atom. The van der Waals surface area contributed by atoms with Crippen LogP contribution in [0.2, 0.25) is 5.02 Å². The number of benzene rings is 1. The first kappa shape index (κ1) is 23.0. The summed E-state index contributed by atoms with van der Waals surface area (Å²) < 4.78 is 39.1. The fourth-order valence-electron chi connectivity index (χ4n) is 4.26. The van der Waals surface area contributed by atoms with E-state index in [0.29, 0.717) is 10.7 Å². The molecule has 0 bridgehead atoms. The quantitative estimate of drug-likeness (QED) is 0.565. The minimum Gasteiger partial charge on any atom is -0.357 e. The first-order valence-electron chi connectivity index (χ1n) is 10.5. The monoisotopic (exact) mass is 505 g/mol. The van der Waals surface area contributed by atoms with E-state index in [1.165, 1.54) is 22.9 Å². The van der Waals surface area contributed by atoms with E-state index in [1.54, 1.807) is 25.2 Å². The van der Waals surface area contributed by atoms with Crippen molar-refractivity contribution in [2.24, 2.45) is 4.99 Å². The number of fused-ring (bicyclic) bond motifs is 2. The molecule has 2 atom stereocenters. The summed E-state index contributed by atoms with van der Waals surface area (Å²) in [5.74, 6) is -0.316. The second kappa shape index (κ2) is 8.15. The molecule has 35 heavy (non-hydrogen) atoms. The summed E-state index contributed by atoms with van der Waals surface area (Å²) in [6.45, 7) is -0.00780. The number of carbonyl (C=O) groups is 2. The second-order valence-corrected chi connectivity index (χ2v) is 8.70. The SMILES string of the molecule is CN1C(=O)N(Cc2cc3c(Cl)cccc3[nH]2)C(=O)C2C1N=C(Nc1ccnc(C(F)(F)F)c1)N2C. The molecule has 5 rings (SSSR count). The van der Waals surface area contributed by atoms with Gasteiger partial charge in [-0.3, -0.25) is 14.7 Å². The Labute approximate surface area is 202 Å². The Balaban J connectivity index is 1.38. The Bertz CT molecular complexity index is 1370. The van der Waals surface area contributed by atoms with Crippen LogP contribution in [0.3, 0.4) is 0 Å². The molecule has 1 fully saturated rings. The Morgan fingerprint density at radius 3 is 2.63 bits per heavy atom. The maximum Gasteiger partial charge on any atom is 0.433 e. The van der Waals surface area contributed by atoms with Crippen LogP contribution in [0.25, 0.3) is 10.9 Å². The van der Waals surface area contributed by atoms with Gasteiger partial charge in [-0.15, -0.1) is 0 Å². The summed E-state index contributed by atoms with van der Waals surface area (Å²) in [6, 6.07) is 7.98. The minimum absolute atomic E-state index is 0.00780. The van der Waals surface area contributed by atoms with E-state index in [1.807, 2.05) is 6.07 Å². The van der Waals surface area contributed by atoms with Crippen LogP contribution >= 0.6 is 11.6 Å². The summed E-state index contributed by atoms with van der Waals surface area (Å²) >= 11 is 6.23. The third kappa shape index (κ3) is 3.93. The van der Waals surface area contributed by atoms with E-state index in [-0.39, 0.29) is 18.2 Å². The normalized spacial score (nSPS) is 20.5. The molecule has 13 heteroatoms. The molecule has 0 aliphatic carbocycles. The van der Waals surface area contributed by atoms with Crippen molar-refractivity contribution < 1.29 is 22.8 Å². The van der Waals surface area contributed by atoms with Crippen molar-refractivity contribution in [3.8, 4) is 0 Å². The number of pyridine rings is 1. The van der Waals surface area contributed by atoms with Crippen molar-refractivity contribution in [3.63, 3.8) is 0 Å². The zero-order valence-electron chi connectivity index (χ0n) is 18.5. The van der Waals surface area contributed by atoms with Crippen LogP contribution in [-0.2, 0) is 17.5 Å². The van der Waals surface area contributed by atoms with Crippen LogP contribution < -0.4 is 5.32 Å². The number of alkyl halides is 3. The smallest absolute Gasteiger partial charge is 0.357 e. The minimum atomic E-state index is -4.61. The number of urea groups is 1. The van der Waals surface area contributed by atoms with Crippen LogP contribution in [0.15, 0.2) is 47.6 Å². The summed E-state index contributed by atoms with van der Waals surface area (Å²) in [7, 11) is 3.11. The molecule has 9 nitrogen and oxygen atoms in total. The maximum absolute atomic E-state index is 13.4. The molecule has 0 saturated carbocycles. The number of aliphatic imine (C=N–C) groups is 1. The zero-order valence-corrected chi connectivity index (χ0v) is 19.2. The van der Waals surface area contributed by atoms with Crippen molar-refractivity contribution in [1.29, 1.82) is 0 Å². The number of guanidine groups is 1. The fourth-order valence-corrected chi connectivity index (χ4v) is 4.49. The second-order valence-electron chi connectivity index (χ2n) is 8.29. The molecule has 1 aromatic carbocycles. The van der Waals surface area contributed by atoms with E-state index in [4.69, 9.17) is 11.6 Å². The Hall–Kier alpha value is -3.80. The highest BCUT2D eigenvalue weighted by Gasteiger charge is 2.51. The van der Waals surface area contributed by atoms with Crippen LogP contribution in [0.1, 0.15) is 11.4 Å². The largest absolute Gasteiger partial charge is 0.433 e. The highest BCUT2D eigenvalue weighted by molar-refractivity contribution is 6.35. The van der Waals surface area contributed by atoms with Gasteiger partial charge in [-0.1, -0.05) is 17.7 Å². The summed E-state index contributed by atoms with van der Waals surface area (Å²) in [5, 5.41) is 4.13. The van der Waals surface area contributed by atoms with Crippen LogP contribution in [-0.4, -0.2) is 68.9 Å². The van der Waals surface area contributed by atoms with E-state index < -0.39 is 36.0 Å². The van der Waals surface area contributed by atoms with Gasteiger partial charge in [0.2, 0.25) is 5.96 Å². The third-order valence-corrected chi connectivity index (χ3v) is 6.37. The average Bonchev–Trinajstić information content (AvgIpc) is 3.37. The number of anilines is 1. The highest BCUT2D eigenvalue weighted by Crippen LogP contribution is 2.31. The Morgan fingerprint density at radius 2 is 1.91 bits per heavy atom. The van der Waals surface area contributed by atoms with Gasteiger partial charge in [0.15, 0.2) is 12.2 Å². The lowest BCUT2D eigenvalue weighted by Gasteiger charge is -2.40. The molecule has 2 aliphatic rings. The first-order chi connectivity index (χ1) is 16.5. The van der Waals surface area contributed by atoms with Gasteiger partial charge in [0.1, 0.15) is 5.69 Å². The predicted octanol–water partition coefficient (Wildman–Crippen LogP) is 3.74. The number of carbonyl (C=O) groups excluding carboxylic acids is 2. The molecule has 182 valence electrons. The number of hydrogen-bond donors (Lipinski definition) is 2. The van der Waals surface area contributed by atoms with Gasteiger partial charge in [-0.05, 0) is 30.3 Å². The molecule has 2 N–H and O–H groups in total. The van der Waals surface area contributed by atoms with Gasteiger partial charge in [0, 0.05) is 47.6 Å². The average molecular weight is 506 g/mol. The molecule has 3 amide bonds. The summed E-state index contributed by atoms with van der Waals surface area (Å²) in [4.78, 5) is 41.3. The molecule has 2 aromatic heterocycles.